The predicted octanol–water partition coefficient (Wildman–Crippen LogP) is 1.68. The summed E-state index contributed by atoms with van der Waals surface area (Å²) in [5.41, 5.74) is 0. The van der Waals surface area contributed by atoms with Gasteiger partial charge in [0.15, 0.2) is 0 Å². The van der Waals surface area contributed by atoms with E-state index in [1.54, 1.807) is 0 Å². The molecule has 1 aliphatic heterocycles. The minimum absolute atomic E-state index is 0.0885. The predicted molar refractivity (Wildman–Crippen MR) is 62.8 cm³/mol. The summed E-state index contributed by atoms with van der Waals surface area (Å²) in [6.07, 6.45) is 0. The standard InChI is InChI=1S/C11H17NO2S/c1-10-12-7-8-14-15(10,9-13)11-5-3-2-4-6-11/h2-6,10,12-13H,7-9H2,1H3. The minimum Gasteiger partial charge on any atom is -0.385 e. The zero-order chi connectivity index (χ0) is 10.7. The Morgan fingerprint density at radius 1 is 1.47 bits per heavy atom. The Bertz CT molecular complexity index is 320. The highest BCUT2D eigenvalue weighted by atomic mass is 32.3. The average molecular weight is 227 g/mol. The van der Waals surface area contributed by atoms with Crippen molar-refractivity contribution in [2.75, 3.05) is 19.1 Å². The molecule has 84 valence electrons. The second-order valence-corrected chi connectivity index (χ2v) is 6.71. The molecule has 2 N–H and O–H groups in total. The molecule has 0 bridgehead atoms. The summed E-state index contributed by atoms with van der Waals surface area (Å²) in [7, 11) is -1.55. The molecule has 2 unspecified atom stereocenters. The van der Waals surface area contributed by atoms with Gasteiger partial charge in [0.25, 0.3) is 0 Å². The molecule has 1 fully saturated rings. The lowest BCUT2D eigenvalue weighted by Crippen LogP contribution is -2.41. The molecule has 0 aliphatic carbocycles. The Labute approximate surface area is 92.0 Å². The molecule has 0 amide bonds. The minimum atomic E-state index is -1.55. The van der Waals surface area contributed by atoms with Crippen molar-refractivity contribution in [1.82, 2.24) is 5.32 Å². The lowest BCUT2D eigenvalue weighted by atomic mass is 10.4. The van der Waals surface area contributed by atoms with Gasteiger partial charge in [-0.15, -0.1) is 0 Å². The van der Waals surface area contributed by atoms with E-state index in [4.69, 9.17) is 4.18 Å². The largest absolute Gasteiger partial charge is 0.385 e. The van der Waals surface area contributed by atoms with Crippen LogP contribution in [0.15, 0.2) is 35.2 Å². The van der Waals surface area contributed by atoms with Gasteiger partial charge in [0.2, 0.25) is 0 Å². The van der Waals surface area contributed by atoms with E-state index in [2.05, 4.69) is 12.2 Å². The van der Waals surface area contributed by atoms with Gasteiger partial charge in [-0.3, -0.25) is 0 Å². The average Bonchev–Trinajstić information content (AvgIpc) is 2.31. The third kappa shape index (κ3) is 1.90. The van der Waals surface area contributed by atoms with Crippen LogP contribution in [0.3, 0.4) is 0 Å². The number of nitrogens with one attached hydrogen (secondary N) is 1. The number of aliphatic hydroxyl groups is 1. The van der Waals surface area contributed by atoms with E-state index in [0.717, 1.165) is 11.4 Å². The summed E-state index contributed by atoms with van der Waals surface area (Å²) in [6, 6.07) is 10.0. The molecular formula is C11H17NO2S. The van der Waals surface area contributed by atoms with Crippen LogP contribution < -0.4 is 5.32 Å². The van der Waals surface area contributed by atoms with Gasteiger partial charge in [-0.25, -0.2) is 0 Å². The lowest BCUT2D eigenvalue weighted by Gasteiger charge is -2.46. The molecule has 1 aromatic rings. The first kappa shape index (κ1) is 11.0. The highest BCUT2D eigenvalue weighted by molar-refractivity contribution is 8.30. The maximum atomic E-state index is 9.64. The molecule has 15 heavy (non-hydrogen) atoms. The quantitative estimate of drug-likeness (QED) is 0.807. The number of aliphatic hydroxyl groups excluding tert-OH is 1. The topological polar surface area (TPSA) is 41.5 Å². The van der Waals surface area contributed by atoms with Crippen LogP contribution in [-0.2, 0) is 4.18 Å². The van der Waals surface area contributed by atoms with Crippen LogP contribution in [-0.4, -0.2) is 29.6 Å². The summed E-state index contributed by atoms with van der Waals surface area (Å²) in [5, 5.41) is 13.2. The summed E-state index contributed by atoms with van der Waals surface area (Å²) in [5.74, 6) is 0.0885. The summed E-state index contributed by atoms with van der Waals surface area (Å²) in [4.78, 5) is 1.12. The van der Waals surface area contributed by atoms with Crippen LogP contribution >= 0.6 is 10.3 Å². The molecule has 1 saturated heterocycles. The Balaban J connectivity index is 2.35. The Hall–Kier alpha value is -0.550. The van der Waals surface area contributed by atoms with E-state index in [-0.39, 0.29) is 11.3 Å². The number of benzene rings is 1. The van der Waals surface area contributed by atoms with E-state index in [0.29, 0.717) is 6.61 Å². The Morgan fingerprint density at radius 3 is 2.80 bits per heavy atom. The molecule has 0 radical (unpaired) electrons. The first-order valence-corrected chi connectivity index (χ1v) is 6.92. The van der Waals surface area contributed by atoms with E-state index < -0.39 is 10.3 Å². The van der Waals surface area contributed by atoms with Crippen LogP contribution in [0.4, 0.5) is 0 Å². The van der Waals surface area contributed by atoms with Gasteiger partial charge in [0, 0.05) is 11.4 Å². The van der Waals surface area contributed by atoms with Gasteiger partial charge in [-0.2, -0.15) is 0 Å². The van der Waals surface area contributed by atoms with Crippen molar-refractivity contribution < 1.29 is 9.29 Å². The van der Waals surface area contributed by atoms with Crippen molar-refractivity contribution in [3.05, 3.63) is 30.3 Å². The molecule has 0 spiro atoms. The first-order valence-electron chi connectivity index (χ1n) is 5.13. The molecular weight excluding hydrogens is 210 g/mol. The molecule has 1 aromatic carbocycles. The van der Waals surface area contributed by atoms with Gasteiger partial charge >= 0.3 is 0 Å². The Morgan fingerprint density at radius 2 is 2.20 bits per heavy atom. The zero-order valence-corrected chi connectivity index (χ0v) is 9.67. The molecule has 1 heterocycles. The van der Waals surface area contributed by atoms with Crippen molar-refractivity contribution in [3.63, 3.8) is 0 Å². The van der Waals surface area contributed by atoms with Gasteiger partial charge in [0.05, 0.1) is 17.9 Å². The fraction of sp³-hybridized carbons (Fsp3) is 0.455. The van der Waals surface area contributed by atoms with Gasteiger partial charge in [0.1, 0.15) is 0 Å². The van der Waals surface area contributed by atoms with Gasteiger partial charge in [-0.1, -0.05) is 28.5 Å². The first-order chi connectivity index (χ1) is 7.29. The van der Waals surface area contributed by atoms with Crippen LogP contribution in [0.25, 0.3) is 0 Å². The molecule has 2 atom stereocenters. The maximum Gasteiger partial charge on any atom is 0.0994 e. The third-order valence-electron chi connectivity index (χ3n) is 2.73. The molecule has 3 nitrogen and oxygen atoms in total. The number of hydrogen-bond acceptors (Lipinski definition) is 3. The highest BCUT2D eigenvalue weighted by Crippen LogP contribution is 2.59. The van der Waals surface area contributed by atoms with Gasteiger partial charge < -0.3 is 14.6 Å². The third-order valence-corrected chi connectivity index (χ3v) is 6.08. The highest BCUT2D eigenvalue weighted by Gasteiger charge is 2.35. The van der Waals surface area contributed by atoms with Crippen LogP contribution in [0.1, 0.15) is 6.92 Å². The van der Waals surface area contributed by atoms with E-state index >= 15 is 0 Å². The molecule has 1 aliphatic rings. The molecule has 0 aromatic heterocycles. The fourth-order valence-electron chi connectivity index (χ4n) is 1.84. The monoisotopic (exact) mass is 227 g/mol. The summed E-state index contributed by atoms with van der Waals surface area (Å²) >= 11 is 0. The SMILES string of the molecule is CC1NCCOS1(CO)c1ccccc1. The number of hydrogen-bond donors (Lipinski definition) is 2. The second kappa shape index (κ2) is 4.53. The van der Waals surface area contributed by atoms with Crippen molar-refractivity contribution in [3.8, 4) is 0 Å². The van der Waals surface area contributed by atoms with Crippen molar-refractivity contribution in [1.29, 1.82) is 0 Å². The van der Waals surface area contributed by atoms with Crippen molar-refractivity contribution in [2.24, 2.45) is 0 Å². The normalized spacial score (nSPS) is 35.7. The molecule has 4 heteroatoms. The van der Waals surface area contributed by atoms with Crippen LogP contribution in [0.5, 0.6) is 0 Å². The molecule has 0 saturated carbocycles. The van der Waals surface area contributed by atoms with Crippen molar-refractivity contribution in [2.45, 2.75) is 17.2 Å². The smallest absolute Gasteiger partial charge is 0.0994 e. The van der Waals surface area contributed by atoms with E-state index in [1.165, 1.54) is 0 Å². The van der Waals surface area contributed by atoms with Crippen LogP contribution in [0, 0.1) is 0 Å². The lowest BCUT2D eigenvalue weighted by molar-refractivity contribution is 0.282. The number of rotatable bonds is 2. The van der Waals surface area contributed by atoms with E-state index in [9.17, 15) is 5.11 Å². The summed E-state index contributed by atoms with van der Waals surface area (Å²) in [6.45, 7) is 3.62. The zero-order valence-electron chi connectivity index (χ0n) is 8.85. The van der Waals surface area contributed by atoms with Crippen molar-refractivity contribution >= 4 is 10.3 Å². The maximum absolute atomic E-state index is 9.64. The van der Waals surface area contributed by atoms with Gasteiger partial charge in [-0.05, 0) is 19.1 Å². The van der Waals surface area contributed by atoms with E-state index in [1.807, 2.05) is 30.3 Å². The fourth-order valence-corrected chi connectivity index (χ4v) is 4.42. The summed E-state index contributed by atoms with van der Waals surface area (Å²) < 4.78 is 5.88. The molecule has 2 rings (SSSR count). The van der Waals surface area contributed by atoms with Crippen LogP contribution in [0.2, 0.25) is 0 Å². The second-order valence-electron chi connectivity index (χ2n) is 3.59. The Kier molecular flexibility index (Phi) is 3.31.